The summed E-state index contributed by atoms with van der Waals surface area (Å²) in [5.41, 5.74) is 3.49. The summed E-state index contributed by atoms with van der Waals surface area (Å²) >= 11 is 0. The van der Waals surface area contributed by atoms with Crippen LogP contribution in [0.2, 0.25) is 0 Å². The van der Waals surface area contributed by atoms with E-state index in [-0.39, 0.29) is 10.8 Å². The van der Waals surface area contributed by atoms with Gasteiger partial charge in [0.2, 0.25) is 5.91 Å². The van der Waals surface area contributed by atoms with Gasteiger partial charge in [-0.15, -0.1) is 0 Å². The summed E-state index contributed by atoms with van der Waals surface area (Å²) in [6.07, 6.45) is 0. The highest BCUT2D eigenvalue weighted by Gasteiger charge is 2.36. The minimum atomic E-state index is -3.96. The third kappa shape index (κ3) is 4.28. The normalized spacial score (nSPS) is 16.3. The zero-order chi connectivity index (χ0) is 24.6. The zero-order valence-corrected chi connectivity index (χ0v) is 20.0. The molecule has 1 N–H and O–H groups in total. The molecule has 3 aromatic carbocycles. The molecule has 2 heterocycles. The number of aryl methyl sites for hydroxylation is 1. The van der Waals surface area contributed by atoms with Gasteiger partial charge < -0.3 is 15.0 Å². The minimum Gasteiger partial charge on any atom is -0.378 e. The molecular weight excluding hydrogens is 466 g/mol. The lowest BCUT2D eigenvalue weighted by atomic mass is 10.0. The molecule has 5 rings (SSSR count). The smallest absolute Gasteiger partial charge is 0.265 e. The average molecular weight is 492 g/mol. The quantitative estimate of drug-likeness (QED) is 0.604. The Morgan fingerprint density at radius 1 is 0.943 bits per heavy atom. The molecule has 0 radical (unpaired) electrons. The summed E-state index contributed by atoms with van der Waals surface area (Å²) in [4.78, 5) is 28.0. The number of sulfonamides is 1. The molecule has 3 aromatic rings. The molecule has 1 saturated heterocycles. The number of morpholine rings is 1. The summed E-state index contributed by atoms with van der Waals surface area (Å²) in [5.74, 6) is -0.744. The number of hydrogen-bond acceptors (Lipinski definition) is 5. The summed E-state index contributed by atoms with van der Waals surface area (Å²) in [6.45, 7) is 3.39. The van der Waals surface area contributed by atoms with Gasteiger partial charge in [-0.25, -0.2) is 8.42 Å². The standard InChI is InChI=1S/C26H25N3O5S/c1-18-10-11-23-21(16-18)19-6-3-5-9-24(19)35(32,33)29(23)17-25(30)27-22-8-4-2-7-20(22)26(31)28-12-14-34-15-13-28/h2-11,16H,12-15,17H2,1H3,(H,27,30). The Kier molecular flexibility index (Phi) is 6.04. The van der Waals surface area contributed by atoms with Gasteiger partial charge in [0, 0.05) is 24.2 Å². The van der Waals surface area contributed by atoms with Gasteiger partial charge in [0.15, 0.2) is 0 Å². The Hall–Kier alpha value is -3.69. The van der Waals surface area contributed by atoms with Crippen molar-refractivity contribution in [2.75, 3.05) is 42.5 Å². The van der Waals surface area contributed by atoms with Gasteiger partial charge >= 0.3 is 0 Å². The van der Waals surface area contributed by atoms with Gasteiger partial charge in [0.05, 0.1) is 35.0 Å². The fraction of sp³-hybridized carbons (Fsp3) is 0.231. The second-order valence-electron chi connectivity index (χ2n) is 8.53. The number of fused-ring (bicyclic) bond motifs is 3. The van der Waals surface area contributed by atoms with Gasteiger partial charge in [0.1, 0.15) is 6.54 Å². The number of para-hydroxylation sites is 1. The average Bonchev–Trinajstić information content (AvgIpc) is 2.87. The van der Waals surface area contributed by atoms with Crippen molar-refractivity contribution in [3.8, 4) is 11.1 Å². The maximum Gasteiger partial charge on any atom is 0.265 e. The first-order valence-corrected chi connectivity index (χ1v) is 12.8. The molecule has 0 atom stereocenters. The molecule has 180 valence electrons. The Labute approximate surface area is 204 Å². The number of anilines is 2. The molecule has 0 bridgehead atoms. The summed E-state index contributed by atoms with van der Waals surface area (Å²) in [6, 6.07) is 19.0. The van der Waals surface area contributed by atoms with Crippen molar-refractivity contribution < 1.29 is 22.7 Å². The molecule has 35 heavy (non-hydrogen) atoms. The predicted octanol–water partition coefficient (Wildman–Crippen LogP) is 3.28. The maximum absolute atomic E-state index is 13.5. The molecule has 0 aliphatic carbocycles. The Morgan fingerprint density at radius 3 is 2.46 bits per heavy atom. The molecule has 0 spiro atoms. The first-order chi connectivity index (χ1) is 16.9. The lowest BCUT2D eigenvalue weighted by Crippen LogP contribution is -2.42. The molecule has 1 fully saturated rings. The lowest BCUT2D eigenvalue weighted by Gasteiger charge is -2.32. The molecule has 0 saturated carbocycles. The van der Waals surface area contributed by atoms with Crippen LogP contribution >= 0.6 is 0 Å². The van der Waals surface area contributed by atoms with E-state index in [1.54, 1.807) is 59.5 Å². The van der Waals surface area contributed by atoms with E-state index < -0.39 is 22.5 Å². The van der Waals surface area contributed by atoms with E-state index in [0.29, 0.717) is 48.8 Å². The SMILES string of the molecule is Cc1ccc2c(c1)-c1ccccc1S(=O)(=O)N2CC(=O)Nc1ccccc1C(=O)N1CCOCC1. The number of ether oxygens (including phenoxy) is 1. The van der Waals surface area contributed by atoms with Crippen LogP contribution in [0.15, 0.2) is 71.6 Å². The molecule has 0 aromatic heterocycles. The van der Waals surface area contributed by atoms with Crippen molar-refractivity contribution in [3.05, 3.63) is 77.9 Å². The molecule has 8 nitrogen and oxygen atoms in total. The highest BCUT2D eigenvalue weighted by atomic mass is 32.2. The Bertz CT molecular complexity index is 1410. The van der Waals surface area contributed by atoms with Gasteiger partial charge in [-0.2, -0.15) is 0 Å². The predicted molar refractivity (Wildman–Crippen MR) is 133 cm³/mol. The third-order valence-electron chi connectivity index (χ3n) is 6.18. The van der Waals surface area contributed by atoms with E-state index in [9.17, 15) is 18.0 Å². The van der Waals surface area contributed by atoms with Crippen LogP contribution in [0.1, 0.15) is 15.9 Å². The van der Waals surface area contributed by atoms with Crippen LogP contribution in [0.3, 0.4) is 0 Å². The van der Waals surface area contributed by atoms with E-state index in [4.69, 9.17) is 4.74 Å². The Balaban J connectivity index is 1.44. The minimum absolute atomic E-state index is 0.161. The number of carbonyl (C=O) groups is 2. The van der Waals surface area contributed by atoms with E-state index in [0.717, 1.165) is 15.4 Å². The molecular formula is C26H25N3O5S. The van der Waals surface area contributed by atoms with Gasteiger partial charge in [0.25, 0.3) is 15.9 Å². The van der Waals surface area contributed by atoms with Crippen molar-refractivity contribution in [2.45, 2.75) is 11.8 Å². The first kappa shape index (κ1) is 23.1. The molecule has 2 aliphatic rings. The van der Waals surface area contributed by atoms with Gasteiger partial charge in [-0.05, 0) is 37.3 Å². The van der Waals surface area contributed by atoms with Crippen LogP contribution in [-0.4, -0.2) is 58.0 Å². The first-order valence-electron chi connectivity index (χ1n) is 11.3. The van der Waals surface area contributed by atoms with Crippen LogP contribution in [0.25, 0.3) is 11.1 Å². The van der Waals surface area contributed by atoms with Crippen molar-refractivity contribution in [2.24, 2.45) is 0 Å². The van der Waals surface area contributed by atoms with Crippen molar-refractivity contribution in [3.63, 3.8) is 0 Å². The van der Waals surface area contributed by atoms with Crippen molar-refractivity contribution in [1.82, 2.24) is 4.90 Å². The Morgan fingerprint density at radius 2 is 1.66 bits per heavy atom. The maximum atomic E-state index is 13.5. The monoisotopic (exact) mass is 491 g/mol. The van der Waals surface area contributed by atoms with Crippen LogP contribution in [0, 0.1) is 6.92 Å². The summed E-state index contributed by atoms with van der Waals surface area (Å²) in [5, 5.41) is 2.76. The van der Waals surface area contributed by atoms with Crippen LogP contribution < -0.4 is 9.62 Å². The molecule has 2 aliphatic heterocycles. The van der Waals surface area contributed by atoms with Crippen molar-refractivity contribution in [1.29, 1.82) is 0 Å². The van der Waals surface area contributed by atoms with E-state index >= 15 is 0 Å². The molecule has 2 amide bonds. The number of carbonyl (C=O) groups excluding carboxylic acids is 2. The number of amides is 2. The number of rotatable bonds is 4. The summed E-state index contributed by atoms with van der Waals surface area (Å²) in [7, 11) is -3.96. The lowest BCUT2D eigenvalue weighted by molar-refractivity contribution is -0.114. The van der Waals surface area contributed by atoms with Crippen LogP contribution in [-0.2, 0) is 19.6 Å². The topological polar surface area (TPSA) is 96.0 Å². The van der Waals surface area contributed by atoms with Crippen LogP contribution in [0.5, 0.6) is 0 Å². The summed E-state index contributed by atoms with van der Waals surface area (Å²) < 4.78 is 33.4. The zero-order valence-electron chi connectivity index (χ0n) is 19.2. The van der Waals surface area contributed by atoms with Crippen molar-refractivity contribution >= 4 is 33.2 Å². The number of hydrogen-bond donors (Lipinski definition) is 1. The molecule has 9 heteroatoms. The van der Waals surface area contributed by atoms with Gasteiger partial charge in [-0.1, -0.05) is 42.0 Å². The fourth-order valence-electron chi connectivity index (χ4n) is 4.45. The number of benzene rings is 3. The number of nitrogens with one attached hydrogen (secondary N) is 1. The number of nitrogens with zero attached hydrogens (tertiary/aromatic N) is 2. The van der Waals surface area contributed by atoms with E-state index in [1.165, 1.54) is 0 Å². The van der Waals surface area contributed by atoms with Gasteiger partial charge in [-0.3, -0.25) is 13.9 Å². The highest BCUT2D eigenvalue weighted by molar-refractivity contribution is 7.93. The highest BCUT2D eigenvalue weighted by Crippen LogP contribution is 2.43. The van der Waals surface area contributed by atoms with E-state index in [2.05, 4.69) is 5.32 Å². The van der Waals surface area contributed by atoms with Crippen LogP contribution in [0.4, 0.5) is 11.4 Å². The largest absolute Gasteiger partial charge is 0.378 e. The van der Waals surface area contributed by atoms with E-state index in [1.807, 2.05) is 19.1 Å². The fourth-order valence-corrected chi connectivity index (χ4v) is 6.10. The third-order valence-corrected chi connectivity index (χ3v) is 8.00. The second kappa shape index (κ2) is 9.16. The second-order valence-corrected chi connectivity index (χ2v) is 10.4. The molecule has 0 unspecified atom stereocenters.